The molecule has 0 radical (unpaired) electrons. The Labute approximate surface area is 172 Å². The molecule has 152 valence electrons. The molecule has 1 heterocycles. The van der Waals surface area contributed by atoms with E-state index in [1.54, 1.807) is 0 Å². The maximum Gasteiger partial charge on any atom is 0.253 e. The first-order valence-electron chi connectivity index (χ1n) is 10.6. The van der Waals surface area contributed by atoms with Gasteiger partial charge in [0, 0.05) is 43.7 Å². The van der Waals surface area contributed by atoms with E-state index in [1.807, 2.05) is 41.3 Å². The summed E-state index contributed by atoms with van der Waals surface area (Å²) < 4.78 is 0. The zero-order valence-electron chi connectivity index (χ0n) is 16.8. The van der Waals surface area contributed by atoms with Gasteiger partial charge in [-0.2, -0.15) is 0 Å². The summed E-state index contributed by atoms with van der Waals surface area (Å²) in [7, 11) is 0. The van der Waals surface area contributed by atoms with Crippen LogP contribution in [0.3, 0.4) is 0 Å². The number of carbonyl (C=O) groups excluding carboxylic acids is 2. The minimum atomic E-state index is 0.0736. The SMILES string of the molecule is O=C(CN1CCN(C(=O)c2ccccc2)CC1)NCC1(c2ccccc2)CCC1. The summed E-state index contributed by atoms with van der Waals surface area (Å²) >= 11 is 0. The molecule has 29 heavy (non-hydrogen) atoms. The van der Waals surface area contributed by atoms with E-state index in [4.69, 9.17) is 0 Å². The van der Waals surface area contributed by atoms with Crippen molar-refractivity contribution in [3.8, 4) is 0 Å². The summed E-state index contributed by atoms with van der Waals surface area (Å²) in [6, 6.07) is 19.9. The first-order valence-corrected chi connectivity index (χ1v) is 10.6. The van der Waals surface area contributed by atoms with Crippen LogP contribution < -0.4 is 5.32 Å². The largest absolute Gasteiger partial charge is 0.354 e. The van der Waals surface area contributed by atoms with Gasteiger partial charge in [-0.25, -0.2) is 0 Å². The molecule has 1 saturated carbocycles. The van der Waals surface area contributed by atoms with Crippen LogP contribution in [0.15, 0.2) is 60.7 Å². The molecule has 0 bridgehead atoms. The number of nitrogens with one attached hydrogen (secondary N) is 1. The van der Waals surface area contributed by atoms with Crippen LogP contribution in [0.25, 0.3) is 0 Å². The van der Waals surface area contributed by atoms with Gasteiger partial charge >= 0.3 is 0 Å². The fraction of sp³-hybridized carbons (Fsp3) is 0.417. The number of carbonyl (C=O) groups is 2. The van der Waals surface area contributed by atoms with Crippen molar-refractivity contribution in [2.24, 2.45) is 0 Å². The molecule has 2 aromatic carbocycles. The number of rotatable bonds is 6. The van der Waals surface area contributed by atoms with Crippen LogP contribution in [0.2, 0.25) is 0 Å². The van der Waals surface area contributed by atoms with Crippen molar-refractivity contribution < 1.29 is 9.59 Å². The van der Waals surface area contributed by atoms with Crippen molar-refractivity contribution >= 4 is 11.8 Å². The molecule has 2 aliphatic rings. The van der Waals surface area contributed by atoms with E-state index in [0.29, 0.717) is 26.2 Å². The van der Waals surface area contributed by atoms with Crippen LogP contribution in [0, 0.1) is 0 Å². The second kappa shape index (κ2) is 8.78. The quantitative estimate of drug-likeness (QED) is 0.824. The Balaban J connectivity index is 1.24. The highest BCUT2D eigenvalue weighted by Crippen LogP contribution is 2.43. The summed E-state index contributed by atoms with van der Waals surface area (Å²) in [6.07, 6.45) is 3.50. The lowest BCUT2D eigenvalue weighted by molar-refractivity contribution is -0.123. The lowest BCUT2D eigenvalue weighted by Gasteiger charge is -2.43. The minimum absolute atomic E-state index is 0.0736. The number of benzene rings is 2. The fourth-order valence-electron chi connectivity index (χ4n) is 4.36. The molecule has 1 aliphatic carbocycles. The third kappa shape index (κ3) is 4.51. The van der Waals surface area contributed by atoms with E-state index in [0.717, 1.165) is 31.5 Å². The molecule has 4 rings (SSSR count). The van der Waals surface area contributed by atoms with Crippen molar-refractivity contribution in [1.82, 2.24) is 15.1 Å². The molecular formula is C24H29N3O2. The average Bonchev–Trinajstić information content (AvgIpc) is 2.74. The van der Waals surface area contributed by atoms with E-state index in [2.05, 4.69) is 34.5 Å². The Hall–Kier alpha value is -2.66. The second-order valence-electron chi connectivity index (χ2n) is 8.21. The highest BCUT2D eigenvalue weighted by molar-refractivity contribution is 5.94. The van der Waals surface area contributed by atoms with Gasteiger partial charge in [-0.15, -0.1) is 0 Å². The summed E-state index contributed by atoms with van der Waals surface area (Å²) in [5, 5.41) is 3.17. The van der Waals surface area contributed by atoms with Crippen molar-refractivity contribution in [3.63, 3.8) is 0 Å². The number of amides is 2. The summed E-state index contributed by atoms with van der Waals surface area (Å²) in [5.74, 6) is 0.152. The van der Waals surface area contributed by atoms with Gasteiger partial charge in [0.25, 0.3) is 5.91 Å². The van der Waals surface area contributed by atoms with Crippen molar-refractivity contribution in [2.75, 3.05) is 39.3 Å². The molecule has 0 aromatic heterocycles. The van der Waals surface area contributed by atoms with Gasteiger partial charge in [-0.3, -0.25) is 14.5 Å². The van der Waals surface area contributed by atoms with Crippen LogP contribution in [0.1, 0.15) is 35.2 Å². The van der Waals surface area contributed by atoms with Crippen molar-refractivity contribution in [2.45, 2.75) is 24.7 Å². The molecular weight excluding hydrogens is 362 g/mol. The van der Waals surface area contributed by atoms with Gasteiger partial charge in [0.2, 0.25) is 5.91 Å². The average molecular weight is 392 g/mol. The number of nitrogens with zero attached hydrogens (tertiary/aromatic N) is 2. The molecule has 2 aromatic rings. The number of hydrogen-bond acceptors (Lipinski definition) is 3. The third-order valence-corrected chi connectivity index (χ3v) is 6.37. The maximum absolute atomic E-state index is 12.5. The fourth-order valence-corrected chi connectivity index (χ4v) is 4.36. The van der Waals surface area contributed by atoms with Crippen molar-refractivity contribution in [3.05, 3.63) is 71.8 Å². The summed E-state index contributed by atoms with van der Waals surface area (Å²) in [6.45, 7) is 3.90. The highest BCUT2D eigenvalue weighted by atomic mass is 16.2. The molecule has 0 unspecified atom stereocenters. The van der Waals surface area contributed by atoms with Gasteiger partial charge in [-0.1, -0.05) is 55.0 Å². The van der Waals surface area contributed by atoms with E-state index < -0.39 is 0 Å². The first-order chi connectivity index (χ1) is 14.2. The van der Waals surface area contributed by atoms with E-state index in [9.17, 15) is 9.59 Å². The normalized spacial score (nSPS) is 18.7. The number of hydrogen-bond donors (Lipinski definition) is 1. The van der Waals surface area contributed by atoms with E-state index >= 15 is 0 Å². The minimum Gasteiger partial charge on any atom is -0.354 e. The molecule has 2 amide bonds. The molecule has 1 N–H and O–H groups in total. The Bertz CT molecular complexity index is 826. The van der Waals surface area contributed by atoms with Gasteiger partial charge in [0.15, 0.2) is 0 Å². The Morgan fingerprint density at radius 3 is 2.07 bits per heavy atom. The molecule has 1 saturated heterocycles. The zero-order chi connectivity index (χ0) is 20.1. The van der Waals surface area contributed by atoms with Crippen LogP contribution >= 0.6 is 0 Å². The lowest BCUT2D eigenvalue weighted by Crippen LogP contribution is -2.52. The standard InChI is InChI=1S/C24H29N3O2/c28-22(25-19-24(12-7-13-24)21-10-5-2-6-11-21)18-26-14-16-27(17-15-26)23(29)20-8-3-1-4-9-20/h1-6,8-11H,7,12-19H2,(H,25,28). The van der Waals surface area contributed by atoms with Crippen LogP contribution in [-0.4, -0.2) is 60.9 Å². The second-order valence-corrected chi connectivity index (χ2v) is 8.21. The van der Waals surface area contributed by atoms with Crippen LogP contribution in [-0.2, 0) is 10.2 Å². The molecule has 0 spiro atoms. The first kappa shape index (κ1) is 19.6. The van der Waals surface area contributed by atoms with Gasteiger partial charge < -0.3 is 10.2 Å². The molecule has 1 aliphatic heterocycles. The van der Waals surface area contributed by atoms with Crippen LogP contribution in [0.4, 0.5) is 0 Å². The highest BCUT2D eigenvalue weighted by Gasteiger charge is 2.38. The summed E-state index contributed by atoms with van der Waals surface area (Å²) in [5.41, 5.74) is 2.17. The molecule has 5 heteroatoms. The molecule has 0 atom stereocenters. The predicted molar refractivity (Wildman–Crippen MR) is 114 cm³/mol. The zero-order valence-corrected chi connectivity index (χ0v) is 16.8. The van der Waals surface area contributed by atoms with E-state index in [1.165, 1.54) is 12.0 Å². The van der Waals surface area contributed by atoms with Crippen molar-refractivity contribution in [1.29, 1.82) is 0 Å². The van der Waals surface area contributed by atoms with Gasteiger partial charge in [0.1, 0.15) is 0 Å². The predicted octanol–water partition coefficient (Wildman–Crippen LogP) is 2.68. The van der Waals surface area contributed by atoms with Gasteiger partial charge in [-0.05, 0) is 30.5 Å². The molecule has 5 nitrogen and oxygen atoms in total. The number of piperazine rings is 1. The smallest absolute Gasteiger partial charge is 0.253 e. The third-order valence-electron chi connectivity index (χ3n) is 6.37. The Morgan fingerprint density at radius 2 is 1.48 bits per heavy atom. The maximum atomic E-state index is 12.5. The molecule has 2 fully saturated rings. The van der Waals surface area contributed by atoms with E-state index in [-0.39, 0.29) is 17.2 Å². The van der Waals surface area contributed by atoms with Gasteiger partial charge in [0.05, 0.1) is 6.54 Å². The monoisotopic (exact) mass is 391 g/mol. The lowest BCUT2D eigenvalue weighted by atomic mass is 9.64. The summed E-state index contributed by atoms with van der Waals surface area (Å²) in [4.78, 5) is 29.1. The van der Waals surface area contributed by atoms with Crippen LogP contribution in [0.5, 0.6) is 0 Å². The Kier molecular flexibility index (Phi) is 5.95. The Morgan fingerprint density at radius 1 is 0.862 bits per heavy atom. The topological polar surface area (TPSA) is 52.7 Å².